The zero-order valence-corrected chi connectivity index (χ0v) is 8.23. The zero-order valence-electron chi connectivity index (χ0n) is 1.86. The molecule has 1 nitrogen and oxygen atoms in total. The molecule has 0 rings (SSSR count). The molecule has 4 heteroatoms. The summed E-state index contributed by atoms with van der Waals surface area (Å²) in [4.78, 5) is 0. The standard InChI is InChI=1S/La.Mn.O.Ti. The van der Waals surface area contributed by atoms with Crippen LogP contribution in [0.25, 0.3) is 0 Å². The maximum atomic E-state index is 8.25. The van der Waals surface area contributed by atoms with Crippen LogP contribution in [0.4, 0.5) is 0 Å². The van der Waals surface area contributed by atoms with Gasteiger partial charge in [-0.2, -0.15) is 0 Å². The third-order valence-corrected chi connectivity index (χ3v) is 0. The van der Waals surface area contributed by atoms with Gasteiger partial charge in [-0.15, -0.1) is 0 Å². The van der Waals surface area contributed by atoms with Gasteiger partial charge in [-0.25, -0.2) is 0 Å². The average molecular weight is 258 g/mol. The van der Waals surface area contributed by atoms with Gasteiger partial charge < -0.3 is 0 Å². The van der Waals surface area contributed by atoms with Gasteiger partial charge in [0.2, 0.25) is 0 Å². The average Bonchev–Trinajstić information content (AvgIpc) is 1.00. The van der Waals surface area contributed by atoms with E-state index in [-0.39, 0.29) is 52.7 Å². The summed E-state index contributed by atoms with van der Waals surface area (Å²) in [6, 6.07) is 0. The summed E-state index contributed by atoms with van der Waals surface area (Å²) in [6.07, 6.45) is 0. The van der Waals surface area contributed by atoms with Crippen molar-refractivity contribution in [2.24, 2.45) is 0 Å². The van der Waals surface area contributed by atoms with Gasteiger partial charge in [0.25, 0.3) is 0 Å². The van der Waals surface area contributed by atoms with Crippen LogP contribution in [-0.4, -0.2) is 0 Å². The molecule has 0 aliphatic carbocycles. The summed E-state index contributed by atoms with van der Waals surface area (Å²) in [7, 11) is 0. The molecule has 20 valence electrons. The Kier molecular flexibility index (Phi) is 76.9. The Morgan fingerprint density at radius 2 is 1.25 bits per heavy atom. The molecule has 0 saturated carbocycles. The molecule has 0 N–H and O–H groups in total. The molecule has 0 amide bonds. The summed E-state index contributed by atoms with van der Waals surface area (Å²) >= 11 is 0.750. The van der Waals surface area contributed by atoms with Crippen molar-refractivity contribution in [2.75, 3.05) is 0 Å². The van der Waals surface area contributed by atoms with E-state index in [1.807, 2.05) is 0 Å². The van der Waals surface area contributed by atoms with Gasteiger partial charge in [-0.05, 0) is 0 Å². The molecular weight excluding hydrogens is 258 g/mol. The molecule has 0 bridgehead atoms. The van der Waals surface area contributed by atoms with E-state index in [0.29, 0.717) is 0 Å². The molecule has 0 atom stereocenters. The molecule has 0 heterocycles. The van der Waals surface area contributed by atoms with Gasteiger partial charge in [0, 0.05) is 52.7 Å². The molecule has 0 aromatic carbocycles. The molecule has 0 aromatic rings. The first-order chi connectivity index (χ1) is 1.00. The molecule has 0 fully saturated rings. The Balaban J connectivity index is -0.00000000500. The Morgan fingerprint density at radius 1 is 1.25 bits per heavy atom. The van der Waals surface area contributed by atoms with Crippen LogP contribution in [-0.2, 0) is 40.8 Å². The van der Waals surface area contributed by atoms with Crippen LogP contribution in [0.1, 0.15) is 0 Å². The summed E-state index contributed by atoms with van der Waals surface area (Å²) < 4.78 is 8.25. The molecule has 2 radical (unpaired) electrons. The second kappa shape index (κ2) is 18.8. The van der Waals surface area contributed by atoms with E-state index in [1.54, 1.807) is 0 Å². The van der Waals surface area contributed by atoms with E-state index in [0.717, 1.165) is 20.4 Å². The van der Waals surface area contributed by atoms with Gasteiger partial charge in [0.15, 0.2) is 0 Å². The van der Waals surface area contributed by atoms with Crippen molar-refractivity contribution in [3.05, 3.63) is 0 Å². The van der Waals surface area contributed by atoms with Crippen LogP contribution in [0, 0.1) is 35.6 Å². The van der Waals surface area contributed by atoms with Gasteiger partial charge in [0.1, 0.15) is 0 Å². The van der Waals surface area contributed by atoms with Crippen LogP contribution >= 0.6 is 0 Å². The molecule has 4 heavy (non-hydrogen) atoms. The van der Waals surface area contributed by atoms with E-state index >= 15 is 0 Å². The van der Waals surface area contributed by atoms with Gasteiger partial charge in [-0.3, -0.25) is 0 Å². The summed E-state index contributed by atoms with van der Waals surface area (Å²) in [5.74, 6) is 0. The van der Waals surface area contributed by atoms with Gasteiger partial charge in [0.05, 0.1) is 0 Å². The second-order valence-corrected chi connectivity index (χ2v) is 0. The Labute approximate surface area is 75.1 Å². The first-order valence-electron chi connectivity index (χ1n) is 0.204. The van der Waals surface area contributed by atoms with Crippen LogP contribution in [0.3, 0.4) is 0 Å². The summed E-state index contributed by atoms with van der Waals surface area (Å²) in [5, 5.41) is 0. The van der Waals surface area contributed by atoms with Crippen molar-refractivity contribution >= 4 is 0 Å². The number of rotatable bonds is 0. The zero-order chi connectivity index (χ0) is 2.00. The fourth-order valence-corrected chi connectivity index (χ4v) is 0. The van der Waals surface area contributed by atoms with E-state index in [2.05, 4.69) is 0 Å². The Morgan fingerprint density at radius 3 is 1.25 bits per heavy atom. The van der Waals surface area contributed by atoms with Crippen LogP contribution in [0.15, 0.2) is 0 Å². The first-order valence-corrected chi connectivity index (χ1v) is 0.842. The SMILES string of the molecule is [La].[Mn].[O]=[Ti]. The predicted molar refractivity (Wildman–Crippen MR) is 0.686 cm³/mol. The first kappa shape index (κ1) is 16.3. The normalized spacial score (nSPS) is 0.750. The van der Waals surface area contributed by atoms with Crippen molar-refractivity contribution in [1.29, 1.82) is 0 Å². The second-order valence-electron chi connectivity index (χ2n) is 0. The van der Waals surface area contributed by atoms with Crippen LogP contribution in [0.2, 0.25) is 0 Å². The van der Waals surface area contributed by atoms with Crippen LogP contribution < -0.4 is 0 Å². The number of hydrogen-bond acceptors (Lipinski definition) is 1. The van der Waals surface area contributed by atoms with Crippen molar-refractivity contribution < 1.29 is 76.4 Å². The van der Waals surface area contributed by atoms with Crippen molar-refractivity contribution in [1.82, 2.24) is 0 Å². The summed E-state index contributed by atoms with van der Waals surface area (Å²) in [6.45, 7) is 0. The third kappa shape index (κ3) is 8.87. The summed E-state index contributed by atoms with van der Waals surface area (Å²) in [5.41, 5.74) is 0. The molecule has 0 aliphatic rings. The Bertz CT molecular complexity index is 8.00. The molecule has 0 saturated heterocycles. The monoisotopic (exact) mass is 258 g/mol. The predicted octanol–water partition coefficient (Wildman–Crippen LogP) is -0.124. The molecule has 0 aromatic heterocycles. The van der Waals surface area contributed by atoms with E-state index in [9.17, 15) is 0 Å². The fraction of sp³-hybridized carbons (Fsp3) is 0. The van der Waals surface area contributed by atoms with Crippen LogP contribution in [0.5, 0.6) is 0 Å². The van der Waals surface area contributed by atoms with Gasteiger partial charge >= 0.3 is 23.7 Å². The molecule has 0 spiro atoms. The van der Waals surface area contributed by atoms with Crippen molar-refractivity contribution in [3.63, 3.8) is 0 Å². The molecule has 0 unspecified atom stereocenters. The van der Waals surface area contributed by atoms with Gasteiger partial charge in [-0.1, -0.05) is 0 Å². The molecule has 0 aliphatic heterocycles. The molecular formula is LaMnOTi. The maximum absolute atomic E-state index is 8.25. The van der Waals surface area contributed by atoms with E-state index in [4.69, 9.17) is 3.32 Å². The third-order valence-electron chi connectivity index (χ3n) is 0. The van der Waals surface area contributed by atoms with E-state index < -0.39 is 0 Å². The number of hydrogen-bond donors (Lipinski definition) is 0. The quantitative estimate of drug-likeness (QED) is 0.553. The van der Waals surface area contributed by atoms with E-state index in [1.165, 1.54) is 0 Å². The minimum absolute atomic E-state index is 0. The minimum atomic E-state index is 0. The topological polar surface area (TPSA) is 17.1 Å². The van der Waals surface area contributed by atoms with Crippen molar-refractivity contribution in [3.8, 4) is 0 Å². The Hall–Kier alpha value is 2.23. The van der Waals surface area contributed by atoms with Crippen molar-refractivity contribution in [2.45, 2.75) is 0 Å². The fourth-order valence-electron chi connectivity index (χ4n) is 0.